The number of piperidine rings is 1. The zero-order chi connectivity index (χ0) is 22.2. The minimum Gasteiger partial charge on any atom is -0.283 e. The summed E-state index contributed by atoms with van der Waals surface area (Å²) in [5, 5.41) is 0.291. The van der Waals surface area contributed by atoms with Crippen LogP contribution in [0.25, 0.3) is 10.2 Å². The Labute approximate surface area is 183 Å². The largest absolute Gasteiger partial charge is 0.283 e. The van der Waals surface area contributed by atoms with Crippen LogP contribution in [0.1, 0.15) is 18.4 Å². The topological polar surface area (TPSA) is 70.6 Å². The molecule has 1 amide bonds. The molecule has 1 aromatic heterocycles. The van der Waals surface area contributed by atoms with Gasteiger partial charge in [-0.15, -0.1) is 0 Å². The normalized spacial score (nSPS) is 16.0. The number of anilines is 1. The summed E-state index contributed by atoms with van der Waals surface area (Å²) >= 11 is 1.06. The number of carbonyl (C=O) groups is 1. The first-order valence-corrected chi connectivity index (χ1v) is 12.4. The fourth-order valence-electron chi connectivity index (χ4n) is 3.72. The van der Waals surface area contributed by atoms with Gasteiger partial charge in [0.2, 0.25) is 15.9 Å². The summed E-state index contributed by atoms with van der Waals surface area (Å²) < 4.78 is 53.1. The lowest BCUT2D eigenvalue weighted by molar-refractivity contribution is -0.123. The van der Waals surface area contributed by atoms with Crippen molar-refractivity contribution in [2.45, 2.75) is 19.4 Å². The number of hydrogen-bond acceptors (Lipinski definition) is 5. The van der Waals surface area contributed by atoms with Gasteiger partial charge in [-0.25, -0.2) is 26.5 Å². The summed E-state index contributed by atoms with van der Waals surface area (Å²) in [5.41, 5.74) is 0.898. The molecule has 31 heavy (non-hydrogen) atoms. The molecular formula is C21H21F2N3O3S2. The van der Waals surface area contributed by atoms with E-state index in [-0.39, 0.29) is 37.0 Å². The average Bonchev–Trinajstić information content (AvgIpc) is 3.16. The van der Waals surface area contributed by atoms with Crippen molar-refractivity contribution in [1.29, 1.82) is 0 Å². The molecule has 2 aromatic carbocycles. The molecule has 1 saturated heterocycles. The third-order valence-electron chi connectivity index (χ3n) is 5.35. The maximum atomic E-state index is 14.2. The average molecular weight is 466 g/mol. The van der Waals surface area contributed by atoms with E-state index in [1.807, 2.05) is 30.3 Å². The Kier molecular flexibility index (Phi) is 6.05. The Morgan fingerprint density at radius 2 is 1.87 bits per heavy atom. The standard InChI is InChI=1S/C21H21F2N3O3S2/c1-31(28,29)25-9-7-15(8-10-25)20(27)26(13-14-5-3-2-4-6-14)21-24-19-17(23)11-16(22)12-18(19)30-21/h2-6,11-12,15H,7-10,13H2,1H3. The van der Waals surface area contributed by atoms with E-state index in [1.165, 1.54) is 15.3 Å². The maximum absolute atomic E-state index is 14.2. The van der Waals surface area contributed by atoms with Gasteiger partial charge in [-0.1, -0.05) is 41.7 Å². The van der Waals surface area contributed by atoms with Gasteiger partial charge >= 0.3 is 0 Å². The molecule has 0 bridgehead atoms. The number of carbonyl (C=O) groups excluding carboxylic acids is 1. The van der Waals surface area contributed by atoms with Crippen molar-refractivity contribution in [3.8, 4) is 0 Å². The molecular weight excluding hydrogens is 444 g/mol. The van der Waals surface area contributed by atoms with Crippen molar-refractivity contribution in [1.82, 2.24) is 9.29 Å². The highest BCUT2D eigenvalue weighted by Gasteiger charge is 2.33. The van der Waals surface area contributed by atoms with Gasteiger partial charge in [-0.3, -0.25) is 9.69 Å². The van der Waals surface area contributed by atoms with Crippen molar-refractivity contribution in [2.75, 3.05) is 24.2 Å². The van der Waals surface area contributed by atoms with Gasteiger partial charge in [0.15, 0.2) is 10.9 Å². The lowest BCUT2D eigenvalue weighted by Crippen LogP contribution is -2.44. The Hall–Kier alpha value is -2.43. The van der Waals surface area contributed by atoms with E-state index in [9.17, 15) is 22.0 Å². The van der Waals surface area contributed by atoms with E-state index in [1.54, 1.807) is 0 Å². The monoisotopic (exact) mass is 465 g/mol. The van der Waals surface area contributed by atoms with E-state index in [4.69, 9.17) is 0 Å². The highest BCUT2D eigenvalue weighted by Crippen LogP contribution is 2.34. The summed E-state index contributed by atoms with van der Waals surface area (Å²) in [6, 6.07) is 11.3. The van der Waals surface area contributed by atoms with Gasteiger partial charge in [0.1, 0.15) is 11.3 Å². The summed E-state index contributed by atoms with van der Waals surface area (Å²) in [6.07, 6.45) is 1.95. The number of thiazole rings is 1. The molecule has 4 rings (SSSR count). The van der Waals surface area contributed by atoms with Crippen molar-refractivity contribution in [3.05, 3.63) is 59.7 Å². The summed E-state index contributed by atoms with van der Waals surface area (Å²) in [5.74, 6) is -2.05. The minimum atomic E-state index is -3.30. The SMILES string of the molecule is CS(=O)(=O)N1CCC(C(=O)N(Cc2ccccc2)c2nc3c(F)cc(F)cc3s2)CC1. The van der Waals surface area contributed by atoms with Crippen LogP contribution < -0.4 is 4.90 Å². The second-order valence-electron chi connectivity index (χ2n) is 7.58. The highest BCUT2D eigenvalue weighted by atomic mass is 32.2. The molecule has 6 nitrogen and oxygen atoms in total. The van der Waals surface area contributed by atoms with E-state index >= 15 is 0 Å². The molecule has 0 atom stereocenters. The lowest BCUT2D eigenvalue weighted by Gasteiger charge is -2.32. The minimum absolute atomic E-state index is 0.0270. The van der Waals surface area contributed by atoms with Crippen LogP contribution in [0.3, 0.4) is 0 Å². The third kappa shape index (κ3) is 4.76. The quantitative estimate of drug-likeness (QED) is 0.575. The zero-order valence-corrected chi connectivity index (χ0v) is 18.4. The molecule has 3 aromatic rings. The van der Waals surface area contributed by atoms with Gasteiger partial charge in [-0.05, 0) is 24.5 Å². The van der Waals surface area contributed by atoms with Crippen molar-refractivity contribution in [3.63, 3.8) is 0 Å². The number of benzene rings is 2. The Balaban J connectivity index is 1.65. The number of fused-ring (bicyclic) bond motifs is 1. The highest BCUT2D eigenvalue weighted by molar-refractivity contribution is 7.88. The van der Waals surface area contributed by atoms with Crippen LogP contribution in [0.15, 0.2) is 42.5 Å². The summed E-state index contributed by atoms with van der Waals surface area (Å²) in [7, 11) is -3.30. The molecule has 0 radical (unpaired) electrons. The zero-order valence-electron chi connectivity index (χ0n) is 16.8. The van der Waals surface area contributed by atoms with Crippen LogP contribution in [-0.4, -0.2) is 43.0 Å². The Morgan fingerprint density at radius 3 is 2.52 bits per heavy atom. The first-order valence-electron chi connectivity index (χ1n) is 9.78. The third-order valence-corrected chi connectivity index (χ3v) is 7.68. The van der Waals surface area contributed by atoms with E-state index < -0.39 is 21.7 Å². The van der Waals surface area contributed by atoms with Gasteiger partial charge in [0.05, 0.1) is 17.5 Å². The molecule has 1 aliphatic rings. The smallest absolute Gasteiger partial charge is 0.232 e. The van der Waals surface area contributed by atoms with E-state index in [0.717, 1.165) is 29.2 Å². The number of rotatable bonds is 5. The van der Waals surface area contributed by atoms with E-state index in [0.29, 0.717) is 22.7 Å². The molecule has 1 fully saturated rings. The molecule has 0 unspecified atom stereocenters. The summed E-state index contributed by atoms with van der Waals surface area (Å²) in [6.45, 7) is 0.776. The maximum Gasteiger partial charge on any atom is 0.232 e. The number of amides is 1. The van der Waals surface area contributed by atoms with Gasteiger partial charge in [-0.2, -0.15) is 0 Å². The first kappa shape index (κ1) is 21.8. The number of aromatic nitrogens is 1. The Bertz CT molecular complexity index is 1210. The number of halogens is 2. The molecule has 1 aliphatic heterocycles. The number of nitrogens with zero attached hydrogens (tertiary/aromatic N) is 3. The van der Waals surface area contributed by atoms with E-state index in [2.05, 4.69) is 4.98 Å². The van der Waals surface area contributed by atoms with Gasteiger partial charge in [0, 0.05) is 25.1 Å². The lowest BCUT2D eigenvalue weighted by atomic mass is 9.96. The fraction of sp³-hybridized carbons (Fsp3) is 0.333. The van der Waals surface area contributed by atoms with Crippen LogP contribution in [-0.2, 0) is 21.4 Å². The molecule has 164 valence electrons. The van der Waals surface area contributed by atoms with Crippen LogP contribution in [0.2, 0.25) is 0 Å². The molecule has 0 N–H and O–H groups in total. The molecule has 0 spiro atoms. The molecule has 2 heterocycles. The van der Waals surface area contributed by atoms with Crippen LogP contribution >= 0.6 is 11.3 Å². The number of hydrogen-bond donors (Lipinski definition) is 0. The molecule has 0 aliphatic carbocycles. The Morgan fingerprint density at radius 1 is 1.19 bits per heavy atom. The molecule has 10 heteroatoms. The van der Waals surface area contributed by atoms with Crippen molar-refractivity contribution >= 4 is 42.6 Å². The summed E-state index contributed by atoms with van der Waals surface area (Å²) in [4.78, 5) is 19.2. The second kappa shape index (κ2) is 8.60. The van der Waals surface area contributed by atoms with Gasteiger partial charge < -0.3 is 0 Å². The molecule has 0 saturated carbocycles. The number of sulfonamides is 1. The van der Waals surface area contributed by atoms with Crippen molar-refractivity contribution < 1.29 is 22.0 Å². The first-order chi connectivity index (χ1) is 14.7. The van der Waals surface area contributed by atoms with Gasteiger partial charge in [0.25, 0.3) is 0 Å². The van der Waals surface area contributed by atoms with Crippen LogP contribution in [0.4, 0.5) is 13.9 Å². The van der Waals surface area contributed by atoms with Crippen LogP contribution in [0.5, 0.6) is 0 Å². The van der Waals surface area contributed by atoms with Crippen LogP contribution in [0, 0.1) is 17.6 Å². The predicted octanol–water partition coefficient (Wildman–Crippen LogP) is 3.78. The van der Waals surface area contributed by atoms with Crippen molar-refractivity contribution in [2.24, 2.45) is 5.92 Å². The fourth-order valence-corrected chi connectivity index (χ4v) is 5.61. The predicted molar refractivity (Wildman–Crippen MR) is 116 cm³/mol. The second-order valence-corrected chi connectivity index (χ2v) is 10.6.